The molecule has 1 aromatic carbocycles. The molecular weight excluding hydrogens is 280 g/mol. The Bertz CT molecular complexity index is 707. The normalized spacial score (nSPS) is 11.8. The van der Waals surface area contributed by atoms with Crippen LogP contribution in [0.1, 0.15) is 22.6 Å². The Morgan fingerprint density at radius 1 is 1.30 bits per heavy atom. The van der Waals surface area contributed by atoms with Crippen LogP contribution in [-0.2, 0) is 23.2 Å². The first-order valence-electron chi connectivity index (χ1n) is 6.04. The van der Waals surface area contributed by atoms with E-state index in [1.165, 1.54) is 6.07 Å². The molecule has 108 valence electrons. The van der Waals surface area contributed by atoms with E-state index in [2.05, 4.69) is 9.88 Å². The zero-order chi connectivity index (χ0) is 14.8. The minimum Gasteiger partial charge on any atom is -0.392 e. The van der Waals surface area contributed by atoms with Crippen LogP contribution in [0.2, 0.25) is 0 Å². The number of aromatic nitrogens is 1. The molecule has 2 aromatic rings. The highest BCUT2D eigenvalue weighted by Crippen LogP contribution is 2.17. The molecule has 6 nitrogen and oxygen atoms in total. The fourth-order valence-electron chi connectivity index (χ4n) is 1.78. The molecule has 1 heterocycles. The van der Waals surface area contributed by atoms with Gasteiger partial charge in [-0.3, -0.25) is 0 Å². The second-order valence-corrected chi connectivity index (χ2v) is 6.25. The second-order valence-electron chi connectivity index (χ2n) is 4.52. The molecular formula is C13H16N2O4S. The van der Waals surface area contributed by atoms with Crippen LogP contribution >= 0.6 is 0 Å². The average molecular weight is 296 g/mol. The first kappa shape index (κ1) is 14.7. The van der Waals surface area contributed by atoms with Gasteiger partial charge in [-0.25, -0.2) is 13.1 Å². The van der Waals surface area contributed by atoms with Crippen LogP contribution in [0.5, 0.6) is 0 Å². The van der Waals surface area contributed by atoms with Crippen LogP contribution in [0.4, 0.5) is 0 Å². The lowest BCUT2D eigenvalue weighted by atomic mass is 10.2. The molecule has 2 N–H and O–H groups in total. The van der Waals surface area contributed by atoms with E-state index < -0.39 is 10.0 Å². The van der Waals surface area contributed by atoms with Crippen LogP contribution in [0.25, 0.3) is 0 Å². The predicted molar refractivity (Wildman–Crippen MR) is 72.4 cm³/mol. The van der Waals surface area contributed by atoms with E-state index in [1.54, 1.807) is 32.0 Å². The summed E-state index contributed by atoms with van der Waals surface area (Å²) in [6, 6.07) is 6.48. The Hall–Kier alpha value is -1.70. The third-order valence-electron chi connectivity index (χ3n) is 2.84. The van der Waals surface area contributed by atoms with Gasteiger partial charge in [-0.2, -0.15) is 0 Å². The molecule has 0 saturated carbocycles. The van der Waals surface area contributed by atoms with E-state index in [1.807, 2.05) is 0 Å². The van der Waals surface area contributed by atoms with Gasteiger partial charge in [-0.1, -0.05) is 17.3 Å². The van der Waals surface area contributed by atoms with E-state index >= 15 is 0 Å². The third kappa shape index (κ3) is 3.24. The fraction of sp³-hybridized carbons (Fsp3) is 0.308. The standard InChI is InChI=1S/C13H16N2O4S/c1-9-3-4-11(8-16)6-13(9)20(17,18)14-7-12-5-10(2)15-19-12/h3-6,14,16H,7-8H2,1-2H3. The van der Waals surface area contributed by atoms with Gasteiger partial charge in [0.2, 0.25) is 10.0 Å². The molecule has 0 radical (unpaired) electrons. The summed E-state index contributed by atoms with van der Waals surface area (Å²) in [5.74, 6) is 0.446. The topological polar surface area (TPSA) is 92.4 Å². The van der Waals surface area contributed by atoms with Crippen LogP contribution < -0.4 is 4.72 Å². The molecule has 0 aliphatic heterocycles. The monoisotopic (exact) mass is 296 g/mol. The predicted octanol–water partition coefficient (Wildman–Crippen LogP) is 1.26. The highest BCUT2D eigenvalue weighted by Gasteiger charge is 2.18. The van der Waals surface area contributed by atoms with Crippen molar-refractivity contribution in [2.45, 2.75) is 31.9 Å². The van der Waals surface area contributed by atoms with Crippen molar-refractivity contribution in [1.82, 2.24) is 9.88 Å². The number of benzene rings is 1. The highest BCUT2D eigenvalue weighted by molar-refractivity contribution is 7.89. The Morgan fingerprint density at radius 3 is 2.65 bits per heavy atom. The number of hydrogen-bond donors (Lipinski definition) is 2. The summed E-state index contributed by atoms with van der Waals surface area (Å²) in [5, 5.41) is 12.8. The number of aryl methyl sites for hydroxylation is 2. The molecule has 0 atom stereocenters. The number of aliphatic hydroxyl groups is 1. The number of rotatable bonds is 5. The van der Waals surface area contributed by atoms with Gasteiger partial charge in [-0.05, 0) is 31.0 Å². The lowest BCUT2D eigenvalue weighted by Gasteiger charge is -2.09. The molecule has 0 amide bonds. The van der Waals surface area contributed by atoms with Crippen molar-refractivity contribution in [1.29, 1.82) is 0 Å². The maximum Gasteiger partial charge on any atom is 0.241 e. The van der Waals surface area contributed by atoms with Crippen LogP contribution in [0, 0.1) is 13.8 Å². The van der Waals surface area contributed by atoms with Gasteiger partial charge in [-0.15, -0.1) is 0 Å². The second kappa shape index (κ2) is 5.74. The maximum absolute atomic E-state index is 12.2. The molecule has 0 aliphatic rings. The van der Waals surface area contributed by atoms with Crippen molar-refractivity contribution in [3.05, 3.63) is 46.8 Å². The van der Waals surface area contributed by atoms with E-state index in [9.17, 15) is 8.42 Å². The smallest absolute Gasteiger partial charge is 0.241 e. The molecule has 7 heteroatoms. The number of sulfonamides is 1. The summed E-state index contributed by atoms with van der Waals surface area (Å²) >= 11 is 0. The van der Waals surface area contributed by atoms with Crippen molar-refractivity contribution in [3.8, 4) is 0 Å². The van der Waals surface area contributed by atoms with E-state index in [0.717, 1.165) is 0 Å². The summed E-state index contributed by atoms with van der Waals surface area (Å²) in [6.07, 6.45) is 0. The minimum atomic E-state index is -3.66. The molecule has 2 rings (SSSR count). The van der Waals surface area contributed by atoms with Gasteiger partial charge >= 0.3 is 0 Å². The molecule has 20 heavy (non-hydrogen) atoms. The summed E-state index contributed by atoms with van der Waals surface area (Å²) in [4.78, 5) is 0.153. The van der Waals surface area contributed by atoms with Gasteiger partial charge < -0.3 is 9.63 Å². The van der Waals surface area contributed by atoms with Crippen molar-refractivity contribution >= 4 is 10.0 Å². The molecule has 0 saturated heterocycles. The van der Waals surface area contributed by atoms with Gasteiger partial charge in [0.15, 0.2) is 5.76 Å². The molecule has 0 spiro atoms. The first-order valence-corrected chi connectivity index (χ1v) is 7.53. The summed E-state index contributed by atoms with van der Waals surface area (Å²) < 4.78 is 31.9. The minimum absolute atomic E-state index is 0.0337. The van der Waals surface area contributed by atoms with Crippen LogP contribution in [-0.4, -0.2) is 18.7 Å². The van der Waals surface area contributed by atoms with Crippen molar-refractivity contribution in [3.63, 3.8) is 0 Å². The Morgan fingerprint density at radius 2 is 2.05 bits per heavy atom. The van der Waals surface area contributed by atoms with Crippen LogP contribution in [0.15, 0.2) is 33.7 Å². The van der Waals surface area contributed by atoms with Gasteiger partial charge in [0.05, 0.1) is 23.7 Å². The summed E-state index contributed by atoms with van der Waals surface area (Å²) in [7, 11) is -3.66. The SMILES string of the molecule is Cc1cc(CNS(=O)(=O)c2cc(CO)ccc2C)on1. The van der Waals surface area contributed by atoms with Crippen molar-refractivity contribution < 1.29 is 18.0 Å². The molecule has 0 bridgehead atoms. The van der Waals surface area contributed by atoms with Crippen molar-refractivity contribution in [2.24, 2.45) is 0 Å². The lowest BCUT2D eigenvalue weighted by Crippen LogP contribution is -2.24. The summed E-state index contributed by atoms with van der Waals surface area (Å²) in [6.45, 7) is 3.29. The molecule has 1 aromatic heterocycles. The zero-order valence-electron chi connectivity index (χ0n) is 11.3. The average Bonchev–Trinajstić information content (AvgIpc) is 2.83. The molecule has 0 fully saturated rings. The number of hydrogen-bond acceptors (Lipinski definition) is 5. The van der Waals surface area contributed by atoms with Gasteiger partial charge in [0.25, 0.3) is 0 Å². The van der Waals surface area contributed by atoms with Crippen LogP contribution in [0.3, 0.4) is 0 Å². The van der Waals surface area contributed by atoms with E-state index in [4.69, 9.17) is 9.63 Å². The Labute approximate surface area is 117 Å². The van der Waals surface area contributed by atoms with E-state index in [-0.39, 0.29) is 18.0 Å². The number of aliphatic hydroxyl groups excluding tert-OH is 1. The highest BCUT2D eigenvalue weighted by atomic mass is 32.2. The van der Waals surface area contributed by atoms with E-state index in [0.29, 0.717) is 22.6 Å². The number of nitrogens with zero attached hydrogens (tertiary/aromatic N) is 1. The lowest BCUT2D eigenvalue weighted by molar-refractivity contribution is 0.281. The third-order valence-corrected chi connectivity index (χ3v) is 4.38. The van der Waals surface area contributed by atoms with Gasteiger partial charge in [0.1, 0.15) is 0 Å². The van der Waals surface area contributed by atoms with Gasteiger partial charge in [0, 0.05) is 6.07 Å². The largest absolute Gasteiger partial charge is 0.392 e. The molecule has 0 aliphatic carbocycles. The quantitative estimate of drug-likeness (QED) is 0.866. The van der Waals surface area contributed by atoms with Crippen molar-refractivity contribution in [2.75, 3.05) is 0 Å². The Kier molecular flexibility index (Phi) is 4.22. The zero-order valence-corrected chi connectivity index (χ0v) is 12.1. The fourth-order valence-corrected chi connectivity index (χ4v) is 3.06. The Balaban J connectivity index is 2.21. The molecule has 0 unspecified atom stereocenters. The first-order chi connectivity index (χ1) is 9.42. The number of nitrogens with one attached hydrogen (secondary N) is 1. The summed E-state index contributed by atoms with van der Waals surface area (Å²) in [5.41, 5.74) is 1.85. The maximum atomic E-state index is 12.2.